The quantitative estimate of drug-likeness (QED) is 0.785. The van der Waals surface area contributed by atoms with E-state index in [1.165, 1.54) is 11.1 Å². The summed E-state index contributed by atoms with van der Waals surface area (Å²) in [6, 6.07) is 19.1. The molecule has 92 valence electrons. The Morgan fingerprint density at radius 2 is 1.72 bits per heavy atom. The van der Waals surface area contributed by atoms with Gasteiger partial charge in [-0.1, -0.05) is 48.5 Å². The molecule has 0 fully saturated rings. The van der Waals surface area contributed by atoms with Gasteiger partial charge in [0.2, 0.25) is 0 Å². The number of para-hydroxylation sites is 1. The largest absolute Gasteiger partial charge is 0.490 e. The van der Waals surface area contributed by atoms with Crippen molar-refractivity contribution in [1.29, 1.82) is 0 Å². The highest BCUT2D eigenvalue weighted by molar-refractivity contribution is 5.35. The second-order valence-electron chi connectivity index (χ2n) is 4.91. The lowest BCUT2D eigenvalue weighted by molar-refractivity contribution is 0.164. The van der Waals surface area contributed by atoms with Gasteiger partial charge in [0.25, 0.3) is 0 Å². The summed E-state index contributed by atoms with van der Waals surface area (Å²) in [5, 5.41) is 0. The molecule has 18 heavy (non-hydrogen) atoms. The lowest BCUT2D eigenvalue weighted by atomic mass is 9.98. The molecule has 1 nitrogen and oxygen atoms in total. The summed E-state index contributed by atoms with van der Waals surface area (Å²) >= 11 is 0. The molecule has 1 heteroatoms. The molecule has 0 spiro atoms. The molecule has 1 atom stereocenters. The van der Waals surface area contributed by atoms with Crippen molar-refractivity contribution in [3.05, 3.63) is 65.7 Å². The summed E-state index contributed by atoms with van der Waals surface area (Å²) in [4.78, 5) is 0. The molecule has 0 amide bonds. The van der Waals surface area contributed by atoms with Crippen LogP contribution in [-0.2, 0) is 12.8 Å². The third-order valence-electron chi connectivity index (χ3n) is 3.60. The molecule has 3 rings (SSSR count). The Balaban J connectivity index is 1.60. The van der Waals surface area contributed by atoms with E-state index in [0.29, 0.717) is 6.10 Å². The Morgan fingerprint density at radius 1 is 0.944 bits per heavy atom. The van der Waals surface area contributed by atoms with E-state index in [1.54, 1.807) is 0 Å². The number of ether oxygens (including phenoxy) is 1. The smallest absolute Gasteiger partial charge is 0.122 e. The van der Waals surface area contributed by atoms with Crippen LogP contribution in [-0.4, -0.2) is 6.10 Å². The van der Waals surface area contributed by atoms with Crippen LogP contribution < -0.4 is 4.74 Å². The molecule has 2 aromatic carbocycles. The lowest BCUT2D eigenvalue weighted by Gasteiger charge is -2.26. The van der Waals surface area contributed by atoms with Gasteiger partial charge in [0.05, 0.1) is 6.10 Å². The first-order valence-corrected chi connectivity index (χ1v) is 6.70. The monoisotopic (exact) mass is 238 g/mol. The molecule has 0 saturated heterocycles. The van der Waals surface area contributed by atoms with Crippen LogP contribution in [0, 0.1) is 0 Å². The Bertz CT molecular complexity index is 504. The number of fused-ring (bicyclic) bond motifs is 1. The van der Waals surface area contributed by atoms with E-state index in [0.717, 1.165) is 31.4 Å². The first-order chi connectivity index (χ1) is 8.92. The molecular weight excluding hydrogens is 220 g/mol. The Kier molecular flexibility index (Phi) is 3.31. The molecule has 0 N–H and O–H groups in total. The van der Waals surface area contributed by atoms with Crippen LogP contribution in [0.25, 0.3) is 0 Å². The van der Waals surface area contributed by atoms with Crippen molar-refractivity contribution in [3.8, 4) is 5.75 Å². The van der Waals surface area contributed by atoms with Gasteiger partial charge in [-0.2, -0.15) is 0 Å². The molecule has 0 bridgehead atoms. The van der Waals surface area contributed by atoms with E-state index in [4.69, 9.17) is 4.74 Å². The molecule has 0 unspecified atom stereocenters. The van der Waals surface area contributed by atoms with Crippen molar-refractivity contribution in [3.63, 3.8) is 0 Å². The molecule has 2 aromatic rings. The number of benzene rings is 2. The van der Waals surface area contributed by atoms with Gasteiger partial charge in [-0.15, -0.1) is 0 Å². The fourth-order valence-corrected chi connectivity index (χ4v) is 2.56. The van der Waals surface area contributed by atoms with Gasteiger partial charge >= 0.3 is 0 Å². The maximum atomic E-state index is 6.05. The molecule has 0 aliphatic carbocycles. The highest BCUT2D eigenvalue weighted by Crippen LogP contribution is 2.28. The van der Waals surface area contributed by atoms with Gasteiger partial charge < -0.3 is 4.74 Å². The topological polar surface area (TPSA) is 9.23 Å². The summed E-state index contributed by atoms with van der Waals surface area (Å²) in [6.07, 6.45) is 4.88. The van der Waals surface area contributed by atoms with Gasteiger partial charge in [-0.25, -0.2) is 0 Å². The number of hydrogen-bond acceptors (Lipinski definition) is 1. The van der Waals surface area contributed by atoms with Crippen molar-refractivity contribution >= 4 is 0 Å². The maximum Gasteiger partial charge on any atom is 0.122 e. The molecule has 1 aliphatic heterocycles. The molecular formula is C17H18O. The zero-order valence-electron chi connectivity index (χ0n) is 10.5. The van der Waals surface area contributed by atoms with E-state index in [9.17, 15) is 0 Å². The number of rotatable bonds is 3. The standard InChI is InChI=1S/C17H18O/c1-2-6-14(7-3-1)10-12-16-13-11-15-8-4-5-9-17(15)18-16/h1-9,16H,10-13H2/t16-/m0/s1. The zero-order valence-corrected chi connectivity index (χ0v) is 10.5. The fourth-order valence-electron chi connectivity index (χ4n) is 2.56. The number of hydrogen-bond donors (Lipinski definition) is 0. The van der Waals surface area contributed by atoms with Gasteiger partial charge in [0.15, 0.2) is 0 Å². The fraction of sp³-hybridized carbons (Fsp3) is 0.294. The first kappa shape index (κ1) is 11.3. The molecule has 0 aromatic heterocycles. The summed E-state index contributed by atoms with van der Waals surface area (Å²) in [5.41, 5.74) is 2.76. The molecule has 1 heterocycles. The van der Waals surface area contributed by atoms with Gasteiger partial charge in [-0.05, 0) is 42.9 Å². The lowest BCUT2D eigenvalue weighted by Crippen LogP contribution is -2.23. The molecule has 0 saturated carbocycles. The normalized spacial score (nSPS) is 17.9. The summed E-state index contributed by atoms with van der Waals surface area (Å²) < 4.78 is 6.05. The van der Waals surface area contributed by atoms with E-state index in [-0.39, 0.29) is 0 Å². The predicted molar refractivity (Wildman–Crippen MR) is 73.9 cm³/mol. The van der Waals surface area contributed by atoms with E-state index >= 15 is 0 Å². The minimum absolute atomic E-state index is 0.375. The van der Waals surface area contributed by atoms with Crippen LogP contribution in [0.3, 0.4) is 0 Å². The van der Waals surface area contributed by atoms with Crippen LogP contribution >= 0.6 is 0 Å². The van der Waals surface area contributed by atoms with Crippen molar-refractivity contribution in [2.75, 3.05) is 0 Å². The minimum Gasteiger partial charge on any atom is -0.490 e. The summed E-state index contributed by atoms with van der Waals surface area (Å²) in [7, 11) is 0. The van der Waals surface area contributed by atoms with Gasteiger partial charge in [0.1, 0.15) is 5.75 Å². The Hall–Kier alpha value is -1.76. The molecule has 0 radical (unpaired) electrons. The van der Waals surface area contributed by atoms with Crippen LogP contribution in [0.2, 0.25) is 0 Å². The predicted octanol–water partition coefficient (Wildman–Crippen LogP) is 4.01. The van der Waals surface area contributed by atoms with Crippen LogP contribution in [0.15, 0.2) is 54.6 Å². The average Bonchev–Trinajstić information content (AvgIpc) is 2.46. The molecule has 1 aliphatic rings. The summed E-state index contributed by atoms with van der Waals surface area (Å²) in [5.74, 6) is 1.09. The van der Waals surface area contributed by atoms with Crippen LogP contribution in [0.1, 0.15) is 24.0 Å². The average molecular weight is 238 g/mol. The Labute approximate surface area is 108 Å². The Morgan fingerprint density at radius 3 is 2.61 bits per heavy atom. The number of aryl methyl sites for hydroxylation is 2. The van der Waals surface area contributed by atoms with Crippen molar-refractivity contribution in [1.82, 2.24) is 0 Å². The van der Waals surface area contributed by atoms with E-state index in [2.05, 4.69) is 54.6 Å². The maximum absolute atomic E-state index is 6.05. The zero-order chi connectivity index (χ0) is 12.2. The third-order valence-corrected chi connectivity index (χ3v) is 3.60. The van der Waals surface area contributed by atoms with Crippen molar-refractivity contribution < 1.29 is 4.74 Å². The SMILES string of the molecule is c1ccc(CC[C@H]2CCc3ccccc3O2)cc1. The van der Waals surface area contributed by atoms with Crippen LogP contribution in [0.4, 0.5) is 0 Å². The van der Waals surface area contributed by atoms with E-state index in [1.807, 2.05) is 0 Å². The second-order valence-corrected chi connectivity index (χ2v) is 4.91. The van der Waals surface area contributed by atoms with Crippen molar-refractivity contribution in [2.45, 2.75) is 31.8 Å². The van der Waals surface area contributed by atoms with Gasteiger partial charge in [-0.3, -0.25) is 0 Å². The highest BCUT2D eigenvalue weighted by Gasteiger charge is 2.18. The van der Waals surface area contributed by atoms with Crippen molar-refractivity contribution in [2.24, 2.45) is 0 Å². The summed E-state index contributed by atoms with van der Waals surface area (Å²) in [6.45, 7) is 0. The minimum atomic E-state index is 0.375. The van der Waals surface area contributed by atoms with Crippen LogP contribution in [0.5, 0.6) is 5.75 Å². The third kappa shape index (κ3) is 2.56. The second kappa shape index (κ2) is 5.26. The highest BCUT2D eigenvalue weighted by atomic mass is 16.5. The first-order valence-electron chi connectivity index (χ1n) is 6.70. The van der Waals surface area contributed by atoms with E-state index < -0.39 is 0 Å². The van der Waals surface area contributed by atoms with Gasteiger partial charge in [0, 0.05) is 0 Å².